The number of hydrogen-bond donors (Lipinski definition) is 2. The fourth-order valence-corrected chi connectivity index (χ4v) is 3.46. The number of nitrogens with zero attached hydrogens (tertiary/aromatic N) is 3. The molecular formula is C14H18ClN5O2S. The molecule has 0 spiro atoms. The summed E-state index contributed by atoms with van der Waals surface area (Å²) in [4.78, 5) is 30.2. The Bertz CT molecular complexity index is 623. The molecule has 0 unspecified atom stereocenters. The number of rotatable bonds is 4. The fraction of sp³-hybridized carbons (Fsp3) is 0.571. The topological polar surface area (TPSA) is 86.7 Å². The monoisotopic (exact) mass is 355 g/mol. The minimum Gasteiger partial charge on any atom is -0.348 e. The molecule has 0 atom stereocenters. The zero-order valence-electron chi connectivity index (χ0n) is 12.5. The van der Waals surface area contributed by atoms with Crippen LogP contribution in [0, 0.1) is 0 Å². The maximum atomic E-state index is 11.5. The third kappa shape index (κ3) is 4.42. The van der Waals surface area contributed by atoms with Crippen molar-refractivity contribution in [2.75, 3.05) is 18.0 Å². The Morgan fingerprint density at radius 1 is 1.26 bits per heavy atom. The number of amides is 2. The molecule has 124 valence electrons. The van der Waals surface area contributed by atoms with Crippen molar-refractivity contribution in [3.63, 3.8) is 0 Å². The first-order chi connectivity index (χ1) is 11.1. The van der Waals surface area contributed by atoms with Gasteiger partial charge in [0, 0.05) is 19.1 Å². The largest absolute Gasteiger partial charge is 0.348 e. The van der Waals surface area contributed by atoms with Crippen LogP contribution in [0.2, 0.25) is 5.15 Å². The lowest BCUT2D eigenvalue weighted by Gasteiger charge is -2.25. The lowest BCUT2D eigenvalue weighted by molar-refractivity contribution is -0.139. The van der Waals surface area contributed by atoms with Gasteiger partial charge in [-0.25, -0.2) is 10.4 Å². The number of piperidine rings is 1. The van der Waals surface area contributed by atoms with E-state index in [4.69, 9.17) is 11.6 Å². The number of hydrazone groups is 1. The minimum absolute atomic E-state index is 0.139. The molecule has 1 aliphatic carbocycles. The molecule has 3 rings (SSSR count). The number of halogens is 1. The number of hydrogen-bond acceptors (Lipinski definition) is 6. The Balaban J connectivity index is 1.55. The predicted octanol–water partition coefficient (Wildman–Crippen LogP) is 1.52. The molecule has 0 radical (unpaired) electrons. The van der Waals surface area contributed by atoms with Crippen LogP contribution >= 0.6 is 22.9 Å². The number of anilines is 1. The summed E-state index contributed by atoms with van der Waals surface area (Å²) in [6.07, 6.45) is 6.85. The molecule has 2 amide bonds. The van der Waals surface area contributed by atoms with Gasteiger partial charge in [-0.1, -0.05) is 22.9 Å². The first-order valence-corrected chi connectivity index (χ1v) is 8.88. The van der Waals surface area contributed by atoms with Crippen molar-refractivity contribution < 1.29 is 9.59 Å². The Kier molecular flexibility index (Phi) is 5.12. The van der Waals surface area contributed by atoms with Gasteiger partial charge in [0.15, 0.2) is 10.3 Å². The highest BCUT2D eigenvalue weighted by molar-refractivity contribution is 7.17. The Morgan fingerprint density at radius 3 is 2.70 bits per heavy atom. The molecule has 2 heterocycles. The van der Waals surface area contributed by atoms with Crippen LogP contribution in [-0.2, 0) is 9.59 Å². The summed E-state index contributed by atoms with van der Waals surface area (Å²) in [5.41, 5.74) is 2.21. The van der Waals surface area contributed by atoms with Crippen LogP contribution in [0.1, 0.15) is 37.0 Å². The van der Waals surface area contributed by atoms with Gasteiger partial charge in [-0.15, -0.1) is 0 Å². The molecular weight excluding hydrogens is 338 g/mol. The van der Waals surface area contributed by atoms with E-state index in [-0.39, 0.29) is 6.04 Å². The third-order valence-corrected chi connectivity index (χ3v) is 5.14. The van der Waals surface area contributed by atoms with Crippen LogP contribution < -0.4 is 15.6 Å². The summed E-state index contributed by atoms with van der Waals surface area (Å²) in [5, 5.41) is 7.61. The van der Waals surface area contributed by atoms with Gasteiger partial charge in [0.25, 0.3) is 0 Å². The maximum Gasteiger partial charge on any atom is 0.329 e. The molecule has 0 aromatic carbocycles. The van der Waals surface area contributed by atoms with Crippen molar-refractivity contribution in [2.45, 2.75) is 38.1 Å². The Hall–Kier alpha value is -1.67. The smallest absolute Gasteiger partial charge is 0.329 e. The van der Waals surface area contributed by atoms with Gasteiger partial charge in [0.05, 0.1) is 11.1 Å². The molecule has 9 heteroatoms. The van der Waals surface area contributed by atoms with Crippen LogP contribution in [0.5, 0.6) is 0 Å². The van der Waals surface area contributed by atoms with Crippen molar-refractivity contribution in [1.82, 2.24) is 15.7 Å². The maximum absolute atomic E-state index is 11.5. The van der Waals surface area contributed by atoms with Crippen LogP contribution in [-0.4, -0.2) is 42.1 Å². The SMILES string of the molecule is O=C(N/N=C\c1sc(N2CCCCC2)nc1Cl)C(=O)NC1CC1. The zero-order valence-corrected chi connectivity index (χ0v) is 14.1. The van der Waals surface area contributed by atoms with E-state index in [9.17, 15) is 9.59 Å². The summed E-state index contributed by atoms with van der Waals surface area (Å²) in [5.74, 6) is -1.43. The van der Waals surface area contributed by atoms with Gasteiger partial charge in [-0.05, 0) is 32.1 Å². The Morgan fingerprint density at radius 2 is 2.00 bits per heavy atom. The van der Waals surface area contributed by atoms with E-state index in [0.29, 0.717) is 10.0 Å². The third-order valence-electron chi connectivity index (χ3n) is 3.69. The molecule has 1 aromatic heterocycles. The summed E-state index contributed by atoms with van der Waals surface area (Å²) < 4.78 is 0. The number of nitrogens with one attached hydrogen (secondary N) is 2. The molecule has 1 saturated heterocycles. The first-order valence-electron chi connectivity index (χ1n) is 7.68. The van der Waals surface area contributed by atoms with E-state index in [2.05, 4.69) is 25.7 Å². The van der Waals surface area contributed by atoms with Crippen molar-refractivity contribution in [1.29, 1.82) is 0 Å². The van der Waals surface area contributed by atoms with E-state index >= 15 is 0 Å². The lowest BCUT2D eigenvalue weighted by Crippen LogP contribution is -2.38. The molecule has 1 aromatic rings. The van der Waals surface area contributed by atoms with Crippen LogP contribution in [0.3, 0.4) is 0 Å². The van der Waals surface area contributed by atoms with Crippen molar-refractivity contribution >= 4 is 46.1 Å². The van der Waals surface area contributed by atoms with Gasteiger partial charge in [-0.2, -0.15) is 5.10 Å². The minimum atomic E-state index is -0.773. The molecule has 2 fully saturated rings. The van der Waals surface area contributed by atoms with E-state index in [1.54, 1.807) is 0 Å². The summed E-state index contributed by atoms with van der Waals surface area (Å²) in [6, 6.07) is 0.139. The van der Waals surface area contributed by atoms with Crippen molar-refractivity contribution in [3.05, 3.63) is 10.0 Å². The second kappa shape index (κ2) is 7.27. The van der Waals surface area contributed by atoms with Gasteiger partial charge < -0.3 is 10.2 Å². The molecule has 2 aliphatic rings. The number of aromatic nitrogens is 1. The normalized spacial score (nSPS) is 18.2. The van der Waals surface area contributed by atoms with E-state index < -0.39 is 11.8 Å². The summed E-state index contributed by atoms with van der Waals surface area (Å²) in [6.45, 7) is 1.97. The second-order valence-electron chi connectivity index (χ2n) is 5.65. The van der Waals surface area contributed by atoms with Crippen LogP contribution in [0.25, 0.3) is 0 Å². The molecule has 2 N–H and O–H groups in total. The van der Waals surface area contributed by atoms with E-state index in [1.165, 1.54) is 24.0 Å². The second-order valence-corrected chi connectivity index (χ2v) is 7.01. The molecule has 7 nitrogen and oxygen atoms in total. The van der Waals surface area contributed by atoms with Gasteiger partial charge in [0.1, 0.15) is 0 Å². The highest BCUT2D eigenvalue weighted by Crippen LogP contribution is 2.30. The standard InChI is InChI=1S/C14H18ClN5O2S/c15-11-10(23-14(18-11)20-6-2-1-3-7-20)8-16-19-13(22)12(21)17-9-4-5-9/h8-9H,1-7H2,(H,17,21)(H,19,22)/b16-8-. The average molecular weight is 356 g/mol. The first kappa shape index (κ1) is 16.2. The van der Waals surface area contributed by atoms with E-state index in [0.717, 1.165) is 43.9 Å². The molecule has 1 aliphatic heterocycles. The van der Waals surface area contributed by atoms with Crippen LogP contribution in [0.4, 0.5) is 5.13 Å². The molecule has 1 saturated carbocycles. The lowest BCUT2D eigenvalue weighted by atomic mass is 10.1. The highest BCUT2D eigenvalue weighted by atomic mass is 35.5. The number of carbonyl (C=O) groups excluding carboxylic acids is 2. The predicted molar refractivity (Wildman–Crippen MR) is 90.1 cm³/mol. The van der Waals surface area contributed by atoms with Crippen molar-refractivity contribution in [2.24, 2.45) is 5.10 Å². The summed E-state index contributed by atoms with van der Waals surface area (Å²) >= 11 is 7.54. The Labute approximate surface area is 143 Å². The zero-order chi connectivity index (χ0) is 16.2. The average Bonchev–Trinajstić information content (AvgIpc) is 3.30. The number of thiazole rings is 1. The molecule has 0 bridgehead atoms. The highest BCUT2D eigenvalue weighted by Gasteiger charge is 2.26. The molecule has 23 heavy (non-hydrogen) atoms. The van der Waals surface area contributed by atoms with Crippen molar-refractivity contribution in [3.8, 4) is 0 Å². The van der Waals surface area contributed by atoms with Gasteiger partial charge in [-0.3, -0.25) is 9.59 Å². The fourth-order valence-electron chi connectivity index (χ4n) is 2.28. The van der Waals surface area contributed by atoms with Gasteiger partial charge in [0.2, 0.25) is 0 Å². The van der Waals surface area contributed by atoms with Gasteiger partial charge >= 0.3 is 11.8 Å². The van der Waals surface area contributed by atoms with Crippen LogP contribution in [0.15, 0.2) is 5.10 Å². The quantitative estimate of drug-likeness (QED) is 0.487. The summed E-state index contributed by atoms with van der Waals surface area (Å²) in [7, 11) is 0. The number of carbonyl (C=O) groups is 2. The van der Waals surface area contributed by atoms with E-state index in [1.807, 2.05) is 0 Å².